The molecule has 0 N–H and O–H groups in total. The topological polar surface area (TPSA) is 9.23 Å². The smallest absolute Gasteiger partial charge is 0.191 e. The highest BCUT2D eigenvalue weighted by molar-refractivity contribution is 6.74. The van der Waals surface area contributed by atoms with Gasteiger partial charge in [-0.15, -0.1) is 0 Å². The lowest BCUT2D eigenvalue weighted by atomic mass is 9.90. The second-order valence-electron chi connectivity index (χ2n) is 8.45. The van der Waals surface area contributed by atoms with Gasteiger partial charge in [0.2, 0.25) is 0 Å². The largest absolute Gasteiger partial charge is 0.417 e. The van der Waals surface area contributed by atoms with E-state index in [2.05, 4.69) is 71.1 Å². The molecule has 2 heteroatoms. The van der Waals surface area contributed by atoms with Crippen molar-refractivity contribution in [2.45, 2.75) is 84.4 Å². The highest BCUT2D eigenvalue weighted by Gasteiger charge is 2.36. The molecule has 0 bridgehead atoms. The average Bonchev–Trinajstić information content (AvgIpc) is 2.48. The molecule has 0 aliphatic heterocycles. The van der Waals surface area contributed by atoms with E-state index < -0.39 is 8.32 Å². The van der Waals surface area contributed by atoms with Gasteiger partial charge in [-0.3, -0.25) is 0 Å². The van der Waals surface area contributed by atoms with Gasteiger partial charge in [-0.1, -0.05) is 77.3 Å². The second kappa shape index (κ2) is 9.63. The lowest BCUT2D eigenvalue weighted by Crippen LogP contribution is -2.41. The van der Waals surface area contributed by atoms with Gasteiger partial charge in [0.15, 0.2) is 8.32 Å². The van der Waals surface area contributed by atoms with E-state index in [1.54, 1.807) is 0 Å². The summed E-state index contributed by atoms with van der Waals surface area (Å²) >= 11 is 0. The molecule has 0 aliphatic rings. The predicted molar refractivity (Wildman–Crippen MR) is 106 cm³/mol. The summed E-state index contributed by atoms with van der Waals surface area (Å²) in [5, 5.41) is 0.318. The molecule has 1 aromatic rings. The zero-order valence-electron chi connectivity index (χ0n) is 16.3. The number of hydrogen-bond acceptors (Lipinski definition) is 1. The molecule has 0 fully saturated rings. The molecule has 1 rings (SSSR count). The van der Waals surface area contributed by atoms with Gasteiger partial charge in [-0.05, 0) is 48.9 Å². The fourth-order valence-corrected chi connectivity index (χ4v) is 3.79. The molecule has 132 valence electrons. The molecule has 0 saturated heterocycles. The van der Waals surface area contributed by atoms with Crippen molar-refractivity contribution in [3.05, 3.63) is 35.9 Å². The van der Waals surface area contributed by atoms with Crippen LogP contribution in [0.5, 0.6) is 0 Å². The summed E-state index contributed by atoms with van der Waals surface area (Å²) in [5.74, 6) is 0.806. The van der Waals surface area contributed by atoms with Crippen LogP contribution in [0.2, 0.25) is 18.1 Å². The van der Waals surface area contributed by atoms with Crippen LogP contribution in [0.3, 0.4) is 0 Å². The molecular formula is C21H38OSi. The van der Waals surface area contributed by atoms with Crippen LogP contribution in [0.15, 0.2) is 30.3 Å². The van der Waals surface area contributed by atoms with E-state index in [0.717, 1.165) is 12.5 Å². The Kier molecular flexibility index (Phi) is 8.56. The second-order valence-corrected chi connectivity index (χ2v) is 13.3. The molecule has 0 aliphatic carbocycles. The third-order valence-electron chi connectivity index (χ3n) is 5.36. The van der Waals surface area contributed by atoms with Crippen LogP contribution < -0.4 is 0 Å². The van der Waals surface area contributed by atoms with Gasteiger partial charge in [-0.2, -0.15) is 0 Å². The van der Waals surface area contributed by atoms with E-state index in [0.29, 0.717) is 5.04 Å². The molecule has 23 heavy (non-hydrogen) atoms. The number of unbranched alkanes of at least 4 members (excludes halogenated alkanes) is 1. The number of benzene rings is 1. The Balaban J connectivity index is 2.42. The van der Waals surface area contributed by atoms with E-state index in [4.69, 9.17) is 4.43 Å². The first kappa shape index (κ1) is 20.4. The predicted octanol–water partition coefficient (Wildman–Crippen LogP) is 6.84. The van der Waals surface area contributed by atoms with Crippen LogP contribution in [0.4, 0.5) is 0 Å². The summed E-state index contributed by atoms with van der Waals surface area (Å²) in [5.41, 5.74) is 1.49. The molecule has 1 nitrogen and oxygen atoms in total. The first-order valence-electron chi connectivity index (χ1n) is 9.44. The molecular weight excluding hydrogens is 296 g/mol. The highest BCUT2D eigenvalue weighted by Crippen LogP contribution is 2.36. The fourth-order valence-electron chi connectivity index (χ4n) is 2.70. The van der Waals surface area contributed by atoms with Crippen molar-refractivity contribution < 1.29 is 4.43 Å². The van der Waals surface area contributed by atoms with E-state index in [1.165, 1.54) is 44.1 Å². The summed E-state index contributed by atoms with van der Waals surface area (Å²) in [7, 11) is -1.58. The first-order valence-corrected chi connectivity index (χ1v) is 12.3. The Bertz CT molecular complexity index is 419. The maximum atomic E-state index is 6.34. The van der Waals surface area contributed by atoms with Crippen LogP contribution in [-0.2, 0) is 10.8 Å². The lowest BCUT2D eigenvalue weighted by Gasteiger charge is -2.36. The zero-order chi connectivity index (χ0) is 17.3. The molecule has 1 atom stereocenters. The van der Waals surface area contributed by atoms with E-state index in [1.807, 2.05) is 0 Å². The van der Waals surface area contributed by atoms with Crippen molar-refractivity contribution >= 4 is 8.32 Å². The highest BCUT2D eigenvalue weighted by atomic mass is 28.4. The maximum Gasteiger partial charge on any atom is 0.191 e. The molecule has 0 spiro atoms. The lowest BCUT2D eigenvalue weighted by molar-refractivity contribution is 0.264. The molecule has 0 aromatic heterocycles. The van der Waals surface area contributed by atoms with Gasteiger partial charge in [0.1, 0.15) is 0 Å². The Labute approximate surface area is 146 Å². The zero-order valence-corrected chi connectivity index (χ0v) is 17.3. The Hall–Kier alpha value is -0.603. The molecule has 0 saturated carbocycles. The Morgan fingerprint density at radius 2 is 1.61 bits per heavy atom. The van der Waals surface area contributed by atoms with Crippen molar-refractivity contribution in [2.75, 3.05) is 6.61 Å². The van der Waals surface area contributed by atoms with Crippen molar-refractivity contribution in [1.82, 2.24) is 0 Å². The van der Waals surface area contributed by atoms with E-state index in [-0.39, 0.29) is 0 Å². The van der Waals surface area contributed by atoms with Gasteiger partial charge in [0.05, 0.1) is 0 Å². The van der Waals surface area contributed by atoms with Gasteiger partial charge >= 0.3 is 0 Å². The molecule has 0 amide bonds. The van der Waals surface area contributed by atoms with Gasteiger partial charge in [0.25, 0.3) is 0 Å². The summed E-state index contributed by atoms with van der Waals surface area (Å²) in [6.45, 7) is 14.9. The maximum absolute atomic E-state index is 6.34. The van der Waals surface area contributed by atoms with E-state index >= 15 is 0 Å². The van der Waals surface area contributed by atoms with Crippen molar-refractivity contribution in [2.24, 2.45) is 5.92 Å². The molecule has 0 unspecified atom stereocenters. The minimum atomic E-state index is -1.58. The normalized spacial score (nSPS) is 14.0. The average molecular weight is 335 g/mol. The van der Waals surface area contributed by atoms with Gasteiger partial charge in [0, 0.05) is 6.61 Å². The van der Waals surface area contributed by atoms with Crippen molar-refractivity contribution in [3.63, 3.8) is 0 Å². The third-order valence-corrected chi connectivity index (χ3v) is 9.90. The van der Waals surface area contributed by atoms with E-state index in [9.17, 15) is 0 Å². The molecule has 0 radical (unpaired) electrons. The Morgan fingerprint density at radius 1 is 1.00 bits per heavy atom. The van der Waals surface area contributed by atoms with Crippen LogP contribution in [0.1, 0.15) is 65.4 Å². The third kappa shape index (κ3) is 7.67. The van der Waals surface area contributed by atoms with Crippen LogP contribution in [0, 0.1) is 5.92 Å². The minimum absolute atomic E-state index is 0.318. The monoisotopic (exact) mass is 334 g/mol. The van der Waals surface area contributed by atoms with Crippen LogP contribution in [0.25, 0.3) is 0 Å². The van der Waals surface area contributed by atoms with Crippen LogP contribution in [-0.4, -0.2) is 14.9 Å². The van der Waals surface area contributed by atoms with Crippen molar-refractivity contribution in [3.8, 4) is 0 Å². The SMILES string of the molecule is CCCC[C@H](CCCO[Si](C)(C)C(C)(C)C)Cc1ccccc1. The number of hydrogen-bond donors (Lipinski definition) is 0. The summed E-state index contributed by atoms with van der Waals surface area (Å²) in [6.07, 6.45) is 7.72. The summed E-state index contributed by atoms with van der Waals surface area (Å²) in [6, 6.07) is 11.0. The number of rotatable bonds is 10. The first-order chi connectivity index (χ1) is 10.8. The fraction of sp³-hybridized carbons (Fsp3) is 0.714. The van der Waals surface area contributed by atoms with Gasteiger partial charge in [-0.25, -0.2) is 0 Å². The molecule has 0 heterocycles. The summed E-state index contributed by atoms with van der Waals surface area (Å²) in [4.78, 5) is 0. The quantitative estimate of drug-likeness (QED) is 0.336. The standard InChI is InChI=1S/C21H38OSi/c1-7-8-13-19(18-20-14-10-9-11-15-20)16-12-17-22-23(5,6)21(2,3)4/h9-11,14-15,19H,7-8,12-13,16-18H2,1-6H3/t19-/m1/s1. The summed E-state index contributed by atoms with van der Waals surface area (Å²) < 4.78 is 6.34. The van der Waals surface area contributed by atoms with Crippen LogP contribution >= 0.6 is 0 Å². The Morgan fingerprint density at radius 3 is 2.17 bits per heavy atom. The van der Waals surface area contributed by atoms with Crippen molar-refractivity contribution in [1.29, 1.82) is 0 Å². The molecule has 1 aromatic carbocycles. The van der Waals surface area contributed by atoms with Gasteiger partial charge < -0.3 is 4.43 Å². The minimum Gasteiger partial charge on any atom is -0.417 e.